The van der Waals surface area contributed by atoms with Gasteiger partial charge >= 0.3 is 0 Å². The maximum Gasteiger partial charge on any atom is 0.242 e. The molecule has 1 saturated heterocycles. The predicted octanol–water partition coefficient (Wildman–Crippen LogP) is 4.58. The van der Waals surface area contributed by atoms with Crippen molar-refractivity contribution in [2.45, 2.75) is 30.6 Å². The minimum atomic E-state index is -0.456. The first kappa shape index (κ1) is 20.0. The molecule has 0 spiro atoms. The molecule has 2 aromatic rings. The molecular weight excluding hydrogens is 454 g/mol. The number of thioether (sulfide) groups is 1. The van der Waals surface area contributed by atoms with Crippen LogP contribution in [0, 0.1) is 0 Å². The molecule has 0 radical (unpaired) electrons. The van der Waals surface area contributed by atoms with Crippen LogP contribution >= 0.6 is 27.7 Å². The van der Waals surface area contributed by atoms with E-state index in [1.54, 1.807) is 12.0 Å². The Kier molecular flexibility index (Phi) is 5.91. The van der Waals surface area contributed by atoms with Gasteiger partial charge in [-0.25, -0.2) is 4.99 Å². The van der Waals surface area contributed by atoms with E-state index >= 15 is 0 Å². The Morgan fingerprint density at radius 1 is 1.21 bits per heavy atom. The normalized spacial score (nSPS) is 20.2. The highest BCUT2D eigenvalue weighted by Gasteiger charge is 2.46. The molecule has 2 fully saturated rings. The van der Waals surface area contributed by atoms with Crippen molar-refractivity contribution in [2.24, 2.45) is 4.99 Å². The molecule has 8 heteroatoms. The van der Waals surface area contributed by atoms with Crippen LogP contribution in [-0.2, 0) is 9.59 Å². The molecule has 1 atom stereocenters. The minimum absolute atomic E-state index is 0.0317. The van der Waals surface area contributed by atoms with Crippen LogP contribution in [0.2, 0.25) is 0 Å². The van der Waals surface area contributed by atoms with Crippen LogP contribution in [0.15, 0.2) is 58.0 Å². The highest BCUT2D eigenvalue weighted by atomic mass is 79.9. The van der Waals surface area contributed by atoms with Gasteiger partial charge < -0.3 is 10.1 Å². The van der Waals surface area contributed by atoms with Crippen molar-refractivity contribution >= 4 is 56.0 Å². The number of amides is 2. The fraction of sp³-hybridized carbons (Fsp3) is 0.286. The number of hydrogen-bond acceptors (Lipinski definition) is 5. The third-order valence-electron chi connectivity index (χ3n) is 4.67. The Labute approximate surface area is 181 Å². The summed E-state index contributed by atoms with van der Waals surface area (Å²) in [5, 5.41) is 3.07. The number of carbonyl (C=O) groups is 2. The average Bonchev–Trinajstić information content (AvgIpc) is 3.50. The lowest BCUT2D eigenvalue weighted by Crippen LogP contribution is -2.35. The van der Waals surface area contributed by atoms with Crippen LogP contribution in [0.3, 0.4) is 0 Å². The maximum absolute atomic E-state index is 12.9. The van der Waals surface area contributed by atoms with Crippen molar-refractivity contribution in [1.29, 1.82) is 0 Å². The van der Waals surface area contributed by atoms with Gasteiger partial charge in [0.2, 0.25) is 11.8 Å². The predicted molar refractivity (Wildman–Crippen MR) is 119 cm³/mol. The van der Waals surface area contributed by atoms with Crippen LogP contribution in [0.25, 0.3) is 0 Å². The molecule has 4 rings (SSSR count). The van der Waals surface area contributed by atoms with Crippen molar-refractivity contribution in [3.8, 4) is 5.75 Å². The van der Waals surface area contributed by atoms with Gasteiger partial charge in [-0.2, -0.15) is 0 Å². The van der Waals surface area contributed by atoms with Crippen molar-refractivity contribution in [1.82, 2.24) is 4.90 Å². The highest BCUT2D eigenvalue weighted by molar-refractivity contribution is 9.10. The lowest BCUT2D eigenvalue weighted by atomic mass is 10.2. The Bertz CT molecular complexity index is 943. The molecule has 2 aliphatic rings. The molecule has 1 saturated carbocycles. The second-order valence-electron chi connectivity index (χ2n) is 6.90. The number of aliphatic imine (C=N–C) groups is 1. The summed E-state index contributed by atoms with van der Waals surface area (Å²) in [6.07, 6.45) is 2.07. The molecule has 1 N–H and O–H groups in total. The summed E-state index contributed by atoms with van der Waals surface area (Å²) in [5.74, 6) is 0.543. The molecule has 0 bridgehead atoms. The van der Waals surface area contributed by atoms with E-state index in [1.807, 2.05) is 48.5 Å². The van der Waals surface area contributed by atoms with Gasteiger partial charge in [-0.1, -0.05) is 27.7 Å². The molecule has 1 unspecified atom stereocenters. The van der Waals surface area contributed by atoms with Gasteiger partial charge in [0.1, 0.15) is 11.0 Å². The molecule has 1 heterocycles. The van der Waals surface area contributed by atoms with E-state index in [-0.39, 0.29) is 24.3 Å². The standard InChI is InChI=1S/C21H20BrN3O3S/c1-28-17-10-6-15(7-11-17)24-21-25(16-8-9-16)20(27)18(29-21)12-19(26)23-14-4-2-13(22)3-5-14/h2-7,10-11,16,18H,8-9,12H2,1H3,(H,23,26). The van der Waals surface area contributed by atoms with Crippen LogP contribution in [-0.4, -0.2) is 40.3 Å². The van der Waals surface area contributed by atoms with Gasteiger partial charge in [-0.05, 0) is 61.4 Å². The van der Waals surface area contributed by atoms with Gasteiger partial charge in [-0.15, -0.1) is 0 Å². The number of nitrogens with one attached hydrogen (secondary N) is 1. The molecule has 1 aliphatic heterocycles. The van der Waals surface area contributed by atoms with E-state index in [0.717, 1.165) is 28.8 Å². The average molecular weight is 474 g/mol. The number of amidine groups is 1. The van der Waals surface area contributed by atoms with Crippen molar-refractivity contribution < 1.29 is 14.3 Å². The smallest absolute Gasteiger partial charge is 0.242 e. The van der Waals surface area contributed by atoms with E-state index in [9.17, 15) is 9.59 Å². The van der Waals surface area contributed by atoms with Crippen LogP contribution in [0.5, 0.6) is 5.75 Å². The number of anilines is 1. The second kappa shape index (κ2) is 8.59. The summed E-state index contributed by atoms with van der Waals surface area (Å²) >= 11 is 4.74. The molecule has 0 aromatic heterocycles. The lowest BCUT2D eigenvalue weighted by Gasteiger charge is -2.15. The van der Waals surface area contributed by atoms with E-state index in [0.29, 0.717) is 10.9 Å². The molecule has 6 nitrogen and oxygen atoms in total. The zero-order chi connectivity index (χ0) is 20.4. The first-order valence-corrected chi connectivity index (χ1v) is 11.0. The van der Waals surface area contributed by atoms with Crippen molar-refractivity contribution in [3.63, 3.8) is 0 Å². The van der Waals surface area contributed by atoms with E-state index in [1.165, 1.54) is 11.8 Å². The Morgan fingerprint density at radius 2 is 1.90 bits per heavy atom. The first-order chi connectivity index (χ1) is 14.0. The molecule has 150 valence electrons. The summed E-state index contributed by atoms with van der Waals surface area (Å²) in [6, 6.07) is 14.9. The number of rotatable bonds is 6. The van der Waals surface area contributed by atoms with E-state index in [4.69, 9.17) is 4.74 Å². The molecule has 29 heavy (non-hydrogen) atoms. The summed E-state index contributed by atoms with van der Waals surface area (Å²) < 4.78 is 6.12. The van der Waals surface area contributed by atoms with Crippen LogP contribution < -0.4 is 10.1 Å². The van der Waals surface area contributed by atoms with Crippen molar-refractivity contribution in [2.75, 3.05) is 12.4 Å². The number of ether oxygens (including phenoxy) is 1. The van der Waals surface area contributed by atoms with Gasteiger partial charge in [0.15, 0.2) is 5.17 Å². The molecular formula is C21H20BrN3O3S. The Hall–Kier alpha value is -2.32. The van der Waals surface area contributed by atoms with Crippen molar-refractivity contribution in [3.05, 3.63) is 53.0 Å². The first-order valence-electron chi connectivity index (χ1n) is 9.31. The molecule has 2 aromatic carbocycles. The molecule has 2 amide bonds. The zero-order valence-corrected chi connectivity index (χ0v) is 18.2. The molecule has 1 aliphatic carbocycles. The number of hydrogen-bond donors (Lipinski definition) is 1. The van der Waals surface area contributed by atoms with Gasteiger partial charge in [-0.3, -0.25) is 14.5 Å². The maximum atomic E-state index is 12.9. The quantitative estimate of drug-likeness (QED) is 0.666. The number of nitrogens with zero attached hydrogens (tertiary/aromatic N) is 2. The zero-order valence-electron chi connectivity index (χ0n) is 15.8. The number of carbonyl (C=O) groups excluding carboxylic acids is 2. The summed E-state index contributed by atoms with van der Waals surface area (Å²) in [5.41, 5.74) is 1.46. The fourth-order valence-corrected chi connectivity index (χ4v) is 4.52. The summed E-state index contributed by atoms with van der Waals surface area (Å²) in [7, 11) is 1.62. The lowest BCUT2D eigenvalue weighted by molar-refractivity contribution is -0.128. The highest BCUT2D eigenvalue weighted by Crippen LogP contribution is 2.39. The summed E-state index contributed by atoms with van der Waals surface area (Å²) in [6.45, 7) is 0. The summed E-state index contributed by atoms with van der Waals surface area (Å²) in [4.78, 5) is 31.8. The third-order valence-corrected chi connectivity index (χ3v) is 6.35. The largest absolute Gasteiger partial charge is 0.497 e. The second-order valence-corrected chi connectivity index (χ2v) is 8.98. The van der Waals surface area contributed by atoms with E-state index in [2.05, 4.69) is 26.2 Å². The third kappa shape index (κ3) is 4.82. The SMILES string of the molecule is COc1ccc(N=C2SC(CC(=O)Nc3ccc(Br)cc3)C(=O)N2C2CC2)cc1. The topological polar surface area (TPSA) is 71.0 Å². The monoisotopic (exact) mass is 473 g/mol. The van der Waals surface area contributed by atoms with Gasteiger partial charge in [0.05, 0.1) is 12.8 Å². The van der Waals surface area contributed by atoms with E-state index < -0.39 is 5.25 Å². The number of methoxy groups -OCH3 is 1. The van der Waals surface area contributed by atoms with Gasteiger partial charge in [0, 0.05) is 22.6 Å². The van der Waals surface area contributed by atoms with Crippen LogP contribution in [0.1, 0.15) is 19.3 Å². The number of halogens is 1. The Balaban J connectivity index is 1.47. The van der Waals surface area contributed by atoms with Gasteiger partial charge in [0.25, 0.3) is 0 Å². The number of benzene rings is 2. The Morgan fingerprint density at radius 3 is 2.52 bits per heavy atom. The fourth-order valence-electron chi connectivity index (χ4n) is 3.04. The van der Waals surface area contributed by atoms with Crippen LogP contribution in [0.4, 0.5) is 11.4 Å². The minimum Gasteiger partial charge on any atom is -0.497 e.